The Labute approximate surface area is 153 Å². The molecule has 0 amide bonds. The summed E-state index contributed by atoms with van der Waals surface area (Å²) >= 11 is 0. The van der Waals surface area contributed by atoms with Crippen LogP contribution in [0.1, 0.15) is 29.2 Å². The Kier molecular flexibility index (Phi) is 6.03. The van der Waals surface area contributed by atoms with Gasteiger partial charge in [0.2, 0.25) is 0 Å². The smallest absolute Gasteiger partial charge is 0.193 e. The third-order valence-corrected chi connectivity index (χ3v) is 4.27. The van der Waals surface area contributed by atoms with Crippen LogP contribution in [0.5, 0.6) is 0 Å². The number of nitrogens with zero attached hydrogens (tertiary/aromatic N) is 5. The summed E-state index contributed by atoms with van der Waals surface area (Å²) in [4.78, 5) is 6.73. The van der Waals surface area contributed by atoms with E-state index in [4.69, 9.17) is 0 Å². The predicted octanol–water partition coefficient (Wildman–Crippen LogP) is 1.63. The van der Waals surface area contributed by atoms with Gasteiger partial charge in [-0.2, -0.15) is 10.2 Å². The second kappa shape index (κ2) is 7.80. The molecule has 3 heterocycles. The summed E-state index contributed by atoms with van der Waals surface area (Å²) in [6.07, 6.45) is 7.08. The molecule has 2 N–H and O–H groups in total. The molecule has 126 valence electrons. The first kappa shape index (κ1) is 17.8. The average Bonchev–Trinajstić information content (AvgIpc) is 3.22. The lowest BCUT2D eigenvalue weighted by molar-refractivity contribution is 0.485. The molecule has 2 aromatic heterocycles. The van der Waals surface area contributed by atoms with Crippen LogP contribution in [0.25, 0.3) is 0 Å². The number of aromatic nitrogens is 4. The first-order chi connectivity index (χ1) is 10.7. The summed E-state index contributed by atoms with van der Waals surface area (Å²) in [6, 6.07) is 0. The number of likely N-dealkylation sites (tertiary alicyclic amines) is 1. The minimum absolute atomic E-state index is 0. The molecule has 0 spiro atoms. The minimum Gasteiger partial charge on any atom is -0.352 e. The number of aryl methyl sites for hydroxylation is 2. The SMILES string of the molecule is CN=C(NCc1cn[nH]c1C)N1CCC(c2cnn(C)c2)C1.I. The normalized spacial score (nSPS) is 18.1. The molecular weight excluding hydrogens is 405 g/mol. The Morgan fingerprint density at radius 3 is 2.91 bits per heavy atom. The zero-order valence-corrected chi connectivity index (χ0v) is 16.1. The number of guanidine groups is 1. The van der Waals surface area contributed by atoms with Gasteiger partial charge in [-0.1, -0.05) is 0 Å². The van der Waals surface area contributed by atoms with Crippen molar-refractivity contribution in [2.24, 2.45) is 12.0 Å². The molecule has 1 aliphatic rings. The van der Waals surface area contributed by atoms with E-state index in [-0.39, 0.29) is 24.0 Å². The van der Waals surface area contributed by atoms with Crippen LogP contribution in [0.2, 0.25) is 0 Å². The van der Waals surface area contributed by atoms with E-state index in [2.05, 4.69) is 36.7 Å². The van der Waals surface area contributed by atoms with E-state index >= 15 is 0 Å². The largest absolute Gasteiger partial charge is 0.352 e. The van der Waals surface area contributed by atoms with Crippen LogP contribution in [-0.2, 0) is 13.6 Å². The molecule has 1 unspecified atom stereocenters. The third kappa shape index (κ3) is 4.04. The fourth-order valence-corrected chi connectivity index (χ4v) is 2.94. The first-order valence-corrected chi connectivity index (χ1v) is 7.60. The topological polar surface area (TPSA) is 74.1 Å². The van der Waals surface area contributed by atoms with E-state index in [9.17, 15) is 0 Å². The standard InChI is InChI=1S/C15H23N7.HI/c1-11-13(7-18-20-11)6-17-15(16-2)22-5-4-12(10-22)14-8-19-21(3)9-14;/h7-9,12H,4-6,10H2,1-3H3,(H,16,17)(H,18,20);1H. The molecule has 3 rings (SSSR count). The highest BCUT2D eigenvalue weighted by Crippen LogP contribution is 2.26. The zero-order valence-electron chi connectivity index (χ0n) is 13.8. The van der Waals surface area contributed by atoms with Gasteiger partial charge in [0.05, 0.1) is 12.4 Å². The molecule has 0 radical (unpaired) electrons. The van der Waals surface area contributed by atoms with Crippen molar-refractivity contribution in [3.8, 4) is 0 Å². The molecule has 8 heteroatoms. The molecular formula is C15H24IN7. The van der Waals surface area contributed by atoms with Crippen LogP contribution in [0, 0.1) is 6.92 Å². The number of hydrogen-bond acceptors (Lipinski definition) is 3. The van der Waals surface area contributed by atoms with Gasteiger partial charge < -0.3 is 10.2 Å². The summed E-state index contributed by atoms with van der Waals surface area (Å²) in [5, 5.41) is 14.7. The Balaban J connectivity index is 0.00000192. The second-order valence-corrected chi connectivity index (χ2v) is 5.80. The van der Waals surface area contributed by atoms with Crippen LogP contribution in [0.4, 0.5) is 0 Å². The number of hydrogen-bond donors (Lipinski definition) is 2. The molecule has 0 saturated carbocycles. The van der Waals surface area contributed by atoms with Gasteiger partial charge in [0.25, 0.3) is 0 Å². The van der Waals surface area contributed by atoms with Crippen LogP contribution >= 0.6 is 24.0 Å². The minimum atomic E-state index is 0. The van der Waals surface area contributed by atoms with Crippen molar-refractivity contribution in [1.82, 2.24) is 30.2 Å². The summed E-state index contributed by atoms with van der Waals surface area (Å²) in [7, 11) is 3.80. The second-order valence-electron chi connectivity index (χ2n) is 5.80. The van der Waals surface area contributed by atoms with Crippen molar-refractivity contribution in [3.05, 3.63) is 35.4 Å². The van der Waals surface area contributed by atoms with Crippen molar-refractivity contribution < 1.29 is 0 Å². The fraction of sp³-hybridized carbons (Fsp3) is 0.533. The Bertz CT molecular complexity index is 660. The van der Waals surface area contributed by atoms with Crippen LogP contribution in [0.3, 0.4) is 0 Å². The van der Waals surface area contributed by atoms with Crippen LogP contribution < -0.4 is 5.32 Å². The van der Waals surface area contributed by atoms with Crippen molar-refractivity contribution in [2.45, 2.75) is 25.8 Å². The van der Waals surface area contributed by atoms with Gasteiger partial charge in [0.1, 0.15) is 0 Å². The van der Waals surface area contributed by atoms with Crippen molar-refractivity contribution in [1.29, 1.82) is 0 Å². The summed E-state index contributed by atoms with van der Waals surface area (Å²) in [6.45, 7) is 4.77. The molecule has 7 nitrogen and oxygen atoms in total. The van der Waals surface area contributed by atoms with Gasteiger partial charge in [-0.3, -0.25) is 14.8 Å². The summed E-state index contributed by atoms with van der Waals surface area (Å²) in [5.41, 5.74) is 3.58. The maximum atomic E-state index is 4.41. The van der Waals surface area contributed by atoms with Gasteiger partial charge in [0.15, 0.2) is 5.96 Å². The highest BCUT2D eigenvalue weighted by Gasteiger charge is 2.26. The molecule has 0 bridgehead atoms. The zero-order chi connectivity index (χ0) is 15.5. The molecule has 0 aliphatic carbocycles. The Morgan fingerprint density at radius 1 is 1.48 bits per heavy atom. The maximum Gasteiger partial charge on any atom is 0.193 e. The number of rotatable bonds is 3. The highest BCUT2D eigenvalue weighted by molar-refractivity contribution is 14.0. The average molecular weight is 429 g/mol. The number of nitrogens with one attached hydrogen (secondary N) is 2. The van der Waals surface area contributed by atoms with E-state index in [1.165, 1.54) is 11.1 Å². The van der Waals surface area contributed by atoms with Crippen molar-refractivity contribution >= 4 is 29.9 Å². The van der Waals surface area contributed by atoms with Gasteiger partial charge >= 0.3 is 0 Å². The molecule has 2 aromatic rings. The van der Waals surface area contributed by atoms with Gasteiger partial charge in [-0.25, -0.2) is 0 Å². The lowest BCUT2D eigenvalue weighted by Crippen LogP contribution is -2.39. The molecule has 0 aromatic carbocycles. The van der Waals surface area contributed by atoms with Crippen molar-refractivity contribution in [3.63, 3.8) is 0 Å². The molecule has 1 aliphatic heterocycles. The lowest BCUT2D eigenvalue weighted by Gasteiger charge is -2.21. The summed E-state index contributed by atoms with van der Waals surface area (Å²) in [5.74, 6) is 1.48. The van der Waals surface area contributed by atoms with Gasteiger partial charge in [0, 0.05) is 57.1 Å². The molecule has 1 atom stereocenters. The van der Waals surface area contributed by atoms with Crippen LogP contribution in [0.15, 0.2) is 23.6 Å². The van der Waals surface area contributed by atoms with E-state index in [1.807, 2.05) is 38.1 Å². The van der Waals surface area contributed by atoms with E-state index in [1.54, 1.807) is 0 Å². The third-order valence-electron chi connectivity index (χ3n) is 4.27. The number of aromatic amines is 1. The van der Waals surface area contributed by atoms with E-state index in [0.29, 0.717) is 5.92 Å². The van der Waals surface area contributed by atoms with Gasteiger partial charge in [-0.15, -0.1) is 24.0 Å². The first-order valence-electron chi connectivity index (χ1n) is 7.60. The Hall–Kier alpha value is -1.58. The predicted molar refractivity (Wildman–Crippen MR) is 101 cm³/mol. The van der Waals surface area contributed by atoms with E-state index < -0.39 is 0 Å². The van der Waals surface area contributed by atoms with Crippen molar-refractivity contribution in [2.75, 3.05) is 20.1 Å². The monoisotopic (exact) mass is 429 g/mol. The quantitative estimate of drug-likeness (QED) is 0.442. The van der Waals surface area contributed by atoms with E-state index in [0.717, 1.165) is 37.7 Å². The fourth-order valence-electron chi connectivity index (χ4n) is 2.94. The maximum absolute atomic E-state index is 4.41. The lowest BCUT2D eigenvalue weighted by atomic mass is 10.0. The number of H-pyrrole nitrogens is 1. The molecule has 23 heavy (non-hydrogen) atoms. The number of halogens is 1. The molecule has 1 fully saturated rings. The number of aliphatic imine (C=N–C) groups is 1. The van der Waals surface area contributed by atoms with Gasteiger partial charge in [-0.05, 0) is 18.9 Å². The highest BCUT2D eigenvalue weighted by atomic mass is 127. The van der Waals surface area contributed by atoms with Crippen LogP contribution in [-0.4, -0.2) is 51.0 Å². The Morgan fingerprint density at radius 2 is 2.30 bits per heavy atom. The summed E-state index contributed by atoms with van der Waals surface area (Å²) < 4.78 is 1.87. The molecule has 1 saturated heterocycles.